The first-order valence-corrected chi connectivity index (χ1v) is 17.7. The van der Waals surface area contributed by atoms with Crippen molar-refractivity contribution in [1.29, 1.82) is 0 Å². The number of methoxy groups -OCH3 is 1. The Bertz CT molecular complexity index is 257. The first-order chi connectivity index (χ1) is 11.2. The molecule has 0 heterocycles. The van der Waals surface area contributed by atoms with E-state index >= 15 is 0 Å². The molecule has 0 rings (SSSR count). The number of unbranched alkanes of at least 4 members (excludes halogenated alkanes) is 4. The van der Waals surface area contributed by atoms with Gasteiger partial charge in [0.15, 0.2) is 0 Å². The fourth-order valence-corrected chi connectivity index (χ4v) is 19.7. The van der Waals surface area contributed by atoms with Crippen LogP contribution in [0.25, 0.3) is 0 Å². The minimum absolute atomic E-state index is 0.403. The zero-order valence-corrected chi connectivity index (χ0v) is 19.4. The third kappa shape index (κ3) is 10.1. The average molecular weight is 433 g/mol. The van der Waals surface area contributed by atoms with Gasteiger partial charge in [0.05, 0.1) is 0 Å². The van der Waals surface area contributed by atoms with Gasteiger partial charge in [-0.2, -0.15) is 0 Å². The fraction of sp³-hybridized carbons (Fsp3) is 0.900. The molecule has 138 valence electrons. The van der Waals surface area contributed by atoms with Gasteiger partial charge in [-0.3, -0.25) is 0 Å². The topological polar surface area (TPSA) is 18.5 Å². The van der Waals surface area contributed by atoms with E-state index in [1.54, 1.807) is 7.11 Å². The van der Waals surface area contributed by atoms with Crippen LogP contribution in [0.4, 0.5) is 0 Å². The van der Waals surface area contributed by atoms with Crippen LogP contribution in [-0.2, 0) is 9.47 Å². The molecule has 1 unspecified atom stereocenters. The van der Waals surface area contributed by atoms with Gasteiger partial charge in [-0.25, -0.2) is 0 Å². The molecule has 2 nitrogen and oxygen atoms in total. The van der Waals surface area contributed by atoms with Crippen LogP contribution in [0.3, 0.4) is 0 Å². The normalized spacial score (nSPS) is 13.8. The van der Waals surface area contributed by atoms with E-state index in [4.69, 9.17) is 9.47 Å². The van der Waals surface area contributed by atoms with Crippen LogP contribution >= 0.6 is 0 Å². The summed E-state index contributed by atoms with van der Waals surface area (Å²) in [5, 5.41) is 0. The van der Waals surface area contributed by atoms with Crippen LogP contribution in [0.2, 0.25) is 13.3 Å². The summed E-state index contributed by atoms with van der Waals surface area (Å²) in [5.74, 6) is 0. The van der Waals surface area contributed by atoms with Crippen molar-refractivity contribution in [2.45, 2.75) is 96.5 Å². The van der Waals surface area contributed by atoms with Crippen molar-refractivity contribution >= 4 is 18.4 Å². The van der Waals surface area contributed by atoms with E-state index in [9.17, 15) is 0 Å². The summed E-state index contributed by atoms with van der Waals surface area (Å²) >= 11 is -2.36. The zero-order chi connectivity index (χ0) is 17.4. The summed E-state index contributed by atoms with van der Waals surface area (Å²) in [7, 11) is 1.74. The quantitative estimate of drug-likeness (QED) is 0.153. The van der Waals surface area contributed by atoms with E-state index in [-0.39, 0.29) is 0 Å². The Morgan fingerprint density at radius 2 is 1.35 bits per heavy atom. The third-order valence-corrected chi connectivity index (χ3v) is 20.8. The summed E-state index contributed by atoms with van der Waals surface area (Å²) < 4.78 is 16.4. The Hall–Kier alpha value is 0.459. The second-order valence-corrected chi connectivity index (χ2v) is 20.6. The van der Waals surface area contributed by atoms with Crippen LogP contribution in [-0.4, -0.2) is 36.4 Å². The fourth-order valence-electron chi connectivity index (χ4n) is 3.35. The first kappa shape index (κ1) is 23.5. The second kappa shape index (κ2) is 16.0. The number of hydrogen-bond acceptors (Lipinski definition) is 2. The van der Waals surface area contributed by atoms with Gasteiger partial charge in [0.2, 0.25) is 0 Å². The Labute approximate surface area is 150 Å². The van der Waals surface area contributed by atoms with Crippen molar-refractivity contribution in [3.63, 3.8) is 0 Å². The van der Waals surface area contributed by atoms with Gasteiger partial charge in [-0.05, 0) is 0 Å². The molecule has 23 heavy (non-hydrogen) atoms. The summed E-state index contributed by atoms with van der Waals surface area (Å²) in [6.07, 6.45) is 15.3. The molecule has 0 aromatic rings. The summed E-state index contributed by atoms with van der Waals surface area (Å²) in [4.78, 5) is 0. The Balaban J connectivity index is 5.31. The molecule has 0 N–H and O–H groups in total. The Morgan fingerprint density at radius 3 is 1.74 bits per heavy atom. The van der Waals surface area contributed by atoms with Gasteiger partial charge in [-0.15, -0.1) is 0 Å². The van der Waals surface area contributed by atoms with E-state index in [1.165, 1.54) is 64.7 Å². The van der Waals surface area contributed by atoms with Gasteiger partial charge in [0.1, 0.15) is 0 Å². The predicted molar refractivity (Wildman–Crippen MR) is 106 cm³/mol. The molecule has 1 atom stereocenters. The SMILES string of the molecule is CCC/C=C/[CH](OCOC)[Sn]([CH2]CCC)([CH2]CCC)[CH2]CCC. The second-order valence-electron chi connectivity index (χ2n) is 6.88. The molecule has 0 amide bonds. The van der Waals surface area contributed by atoms with Crippen LogP contribution in [0, 0.1) is 0 Å². The predicted octanol–water partition coefficient (Wildman–Crippen LogP) is 6.72. The summed E-state index contributed by atoms with van der Waals surface area (Å²) in [6.45, 7) is 9.68. The van der Waals surface area contributed by atoms with Crippen molar-refractivity contribution < 1.29 is 9.47 Å². The van der Waals surface area contributed by atoms with Crippen molar-refractivity contribution in [2.24, 2.45) is 0 Å². The molecule has 0 aromatic carbocycles. The van der Waals surface area contributed by atoms with Crippen molar-refractivity contribution in [3.05, 3.63) is 12.2 Å². The van der Waals surface area contributed by atoms with Crippen molar-refractivity contribution in [2.75, 3.05) is 13.9 Å². The molecule has 0 bridgehead atoms. The van der Waals surface area contributed by atoms with Gasteiger partial charge in [0.25, 0.3) is 0 Å². The third-order valence-electron chi connectivity index (χ3n) is 4.82. The number of hydrogen-bond donors (Lipinski definition) is 0. The molecule has 0 aliphatic heterocycles. The van der Waals surface area contributed by atoms with Crippen LogP contribution in [0.5, 0.6) is 0 Å². The van der Waals surface area contributed by atoms with Gasteiger partial charge < -0.3 is 0 Å². The summed E-state index contributed by atoms with van der Waals surface area (Å²) in [6, 6.07) is 0. The monoisotopic (exact) mass is 434 g/mol. The van der Waals surface area contributed by atoms with Crippen LogP contribution < -0.4 is 0 Å². The van der Waals surface area contributed by atoms with E-state index in [0.717, 1.165) is 0 Å². The molecule has 0 spiro atoms. The van der Waals surface area contributed by atoms with Gasteiger partial charge >= 0.3 is 150 Å². The Morgan fingerprint density at radius 1 is 0.826 bits per heavy atom. The standard InChI is InChI=1S/C8H15O2.3C4H9.Sn/c1-3-4-5-6-7-10-8-9-2;3*1-3-4-2;/h5-7H,3-4,8H2,1-2H3;3*1,3-4H2,2H3;/b6-5+;;;;. The molecular formula is C20H42O2Sn. The molecule has 3 heteroatoms. The average Bonchev–Trinajstić information content (AvgIpc) is 2.58. The minimum atomic E-state index is -2.36. The number of ether oxygens (including phenoxy) is 2. The maximum absolute atomic E-state index is 6.28. The zero-order valence-electron chi connectivity index (χ0n) is 16.5. The van der Waals surface area contributed by atoms with E-state index in [1.807, 2.05) is 0 Å². The molecule has 0 saturated heterocycles. The Kier molecular flexibility index (Phi) is 16.3. The molecule has 0 saturated carbocycles. The van der Waals surface area contributed by atoms with Crippen LogP contribution in [0.15, 0.2) is 12.2 Å². The maximum atomic E-state index is 6.28. The van der Waals surface area contributed by atoms with Crippen molar-refractivity contribution in [3.8, 4) is 0 Å². The van der Waals surface area contributed by atoms with E-state index < -0.39 is 18.4 Å². The molecule has 0 aromatic heterocycles. The molecule has 0 radical (unpaired) electrons. The molecule has 0 aliphatic carbocycles. The number of rotatable bonds is 16. The van der Waals surface area contributed by atoms with E-state index in [2.05, 4.69) is 39.8 Å². The number of allylic oxidation sites excluding steroid dienone is 1. The van der Waals surface area contributed by atoms with Crippen molar-refractivity contribution in [1.82, 2.24) is 0 Å². The summed E-state index contributed by atoms with van der Waals surface area (Å²) in [5.41, 5.74) is 0. The van der Waals surface area contributed by atoms with E-state index in [0.29, 0.717) is 10.9 Å². The van der Waals surface area contributed by atoms with Gasteiger partial charge in [-0.1, -0.05) is 0 Å². The molecular weight excluding hydrogens is 391 g/mol. The molecule has 0 fully saturated rings. The van der Waals surface area contributed by atoms with Gasteiger partial charge in [0, 0.05) is 0 Å². The first-order valence-electron chi connectivity index (χ1n) is 9.97. The molecule has 0 aliphatic rings. The van der Waals surface area contributed by atoms with Crippen LogP contribution in [0.1, 0.15) is 79.1 Å².